The van der Waals surface area contributed by atoms with Crippen LogP contribution in [0.1, 0.15) is 25.3 Å². The van der Waals surface area contributed by atoms with Gasteiger partial charge in [0.25, 0.3) is 0 Å². The summed E-state index contributed by atoms with van der Waals surface area (Å²) in [5.74, 6) is -1.59. The number of nitrogens with zero attached hydrogens (tertiary/aromatic N) is 1. The van der Waals surface area contributed by atoms with Crippen molar-refractivity contribution in [3.8, 4) is 0 Å². The first-order chi connectivity index (χ1) is 10.5. The second-order valence-corrected chi connectivity index (χ2v) is 5.53. The molecule has 1 aromatic rings. The molecule has 1 aliphatic heterocycles. The lowest BCUT2D eigenvalue weighted by molar-refractivity contribution is -0.143. The van der Waals surface area contributed by atoms with Crippen LogP contribution in [0.2, 0.25) is 0 Å². The Morgan fingerprint density at radius 2 is 2.09 bits per heavy atom. The summed E-state index contributed by atoms with van der Waals surface area (Å²) in [4.78, 5) is 25.1. The van der Waals surface area contributed by atoms with E-state index in [9.17, 15) is 14.7 Å². The van der Waals surface area contributed by atoms with Gasteiger partial charge in [-0.25, -0.2) is 4.79 Å². The second kappa shape index (κ2) is 7.26. The second-order valence-electron chi connectivity index (χ2n) is 5.53. The predicted molar refractivity (Wildman–Crippen MR) is 81.1 cm³/mol. The van der Waals surface area contributed by atoms with Gasteiger partial charge in [-0.15, -0.1) is 0 Å². The fourth-order valence-corrected chi connectivity index (χ4v) is 2.93. The van der Waals surface area contributed by atoms with E-state index in [1.165, 1.54) is 4.90 Å². The van der Waals surface area contributed by atoms with Crippen molar-refractivity contribution in [1.82, 2.24) is 4.90 Å². The number of benzene rings is 1. The fraction of sp³-hybridized carbons (Fsp3) is 0.500. The molecule has 0 saturated carbocycles. The van der Waals surface area contributed by atoms with Gasteiger partial charge in [0.15, 0.2) is 0 Å². The van der Waals surface area contributed by atoms with Crippen molar-refractivity contribution in [2.75, 3.05) is 6.54 Å². The van der Waals surface area contributed by atoms with Gasteiger partial charge in [-0.3, -0.25) is 4.79 Å². The van der Waals surface area contributed by atoms with E-state index in [1.807, 2.05) is 30.3 Å². The Labute approximate surface area is 129 Å². The van der Waals surface area contributed by atoms with Gasteiger partial charge in [0.05, 0.1) is 12.0 Å². The summed E-state index contributed by atoms with van der Waals surface area (Å²) in [6, 6.07) is 8.53. The molecule has 1 aliphatic rings. The van der Waals surface area contributed by atoms with Crippen LogP contribution >= 0.6 is 0 Å². The summed E-state index contributed by atoms with van der Waals surface area (Å²) in [5.41, 5.74) is 6.91. The lowest BCUT2D eigenvalue weighted by Gasteiger charge is -2.30. The van der Waals surface area contributed by atoms with E-state index in [4.69, 9.17) is 10.5 Å². The summed E-state index contributed by atoms with van der Waals surface area (Å²) in [7, 11) is 0. The lowest BCUT2D eigenvalue weighted by Crippen LogP contribution is -2.49. The predicted octanol–water partition coefficient (Wildman–Crippen LogP) is 1.84. The third-order valence-corrected chi connectivity index (χ3v) is 4.11. The summed E-state index contributed by atoms with van der Waals surface area (Å²) >= 11 is 0. The Kier molecular flexibility index (Phi) is 5.38. The van der Waals surface area contributed by atoms with Crippen molar-refractivity contribution in [3.05, 3.63) is 35.9 Å². The maximum atomic E-state index is 12.3. The molecule has 1 amide bonds. The molecule has 0 radical (unpaired) electrons. The van der Waals surface area contributed by atoms with Crippen LogP contribution in [-0.4, -0.2) is 40.7 Å². The number of amides is 1. The fourth-order valence-electron chi connectivity index (χ4n) is 2.93. The third kappa shape index (κ3) is 3.57. The molecule has 1 aromatic carbocycles. The zero-order valence-corrected chi connectivity index (χ0v) is 12.6. The lowest BCUT2D eigenvalue weighted by atomic mass is 9.92. The van der Waals surface area contributed by atoms with E-state index in [-0.39, 0.29) is 12.6 Å². The van der Waals surface area contributed by atoms with Crippen LogP contribution in [0.3, 0.4) is 0 Å². The monoisotopic (exact) mass is 306 g/mol. The molecule has 22 heavy (non-hydrogen) atoms. The summed E-state index contributed by atoms with van der Waals surface area (Å²) in [5, 5.41) is 9.32. The first-order valence-corrected chi connectivity index (χ1v) is 7.50. The van der Waals surface area contributed by atoms with Crippen molar-refractivity contribution < 1.29 is 19.4 Å². The highest BCUT2D eigenvalue weighted by Gasteiger charge is 2.43. The summed E-state index contributed by atoms with van der Waals surface area (Å²) in [6.45, 7) is 2.39. The van der Waals surface area contributed by atoms with E-state index in [1.54, 1.807) is 6.92 Å². The van der Waals surface area contributed by atoms with Crippen LogP contribution in [0.25, 0.3) is 0 Å². The van der Waals surface area contributed by atoms with Crippen molar-refractivity contribution in [2.24, 2.45) is 11.7 Å². The number of carbonyl (C=O) groups excluding carboxylic acids is 1. The van der Waals surface area contributed by atoms with Gasteiger partial charge in [0.2, 0.25) is 0 Å². The number of nitrogens with two attached hydrogens (primary N) is 1. The molecule has 0 unspecified atom stereocenters. The highest BCUT2D eigenvalue weighted by atomic mass is 16.6. The van der Waals surface area contributed by atoms with Gasteiger partial charge in [-0.05, 0) is 18.4 Å². The SMILES string of the molecule is CC[C@@H](C(=O)O)[C@@H]1[C@@H](N)CCN1C(=O)OCc1ccccc1. The molecular formula is C16H22N2O4. The molecule has 6 heteroatoms. The highest BCUT2D eigenvalue weighted by molar-refractivity contribution is 5.74. The first kappa shape index (κ1) is 16.3. The van der Waals surface area contributed by atoms with Crippen LogP contribution in [0.4, 0.5) is 4.79 Å². The molecule has 0 aromatic heterocycles. The van der Waals surface area contributed by atoms with E-state index in [0.717, 1.165) is 5.56 Å². The van der Waals surface area contributed by atoms with Crippen molar-refractivity contribution in [1.29, 1.82) is 0 Å². The minimum atomic E-state index is -0.925. The molecule has 6 nitrogen and oxygen atoms in total. The van der Waals surface area contributed by atoms with Crippen LogP contribution in [0.15, 0.2) is 30.3 Å². The minimum absolute atomic E-state index is 0.169. The summed E-state index contributed by atoms with van der Waals surface area (Å²) < 4.78 is 5.30. The number of carbonyl (C=O) groups is 2. The molecule has 3 atom stereocenters. The molecule has 2 rings (SSSR count). The molecule has 1 saturated heterocycles. The van der Waals surface area contributed by atoms with Crippen molar-refractivity contribution >= 4 is 12.1 Å². The number of carboxylic acids is 1. The molecule has 0 bridgehead atoms. The molecule has 1 fully saturated rings. The molecule has 1 heterocycles. The third-order valence-electron chi connectivity index (χ3n) is 4.11. The van der Waals surface area contributed by atoms with Gasteiger partial charge >= 0.3 is 12.1 Å². The van der Waals surface area contributed by atoms with Crippen LogP contribution in [0.5, 0.6) is 0 Å². The van der Waals surface area contributed by atoms with Gasteiger partial charge in [0.1, 0.15) is 6.61 Å². The Balaban J connectivity index is 2.02. The largest absolute Gasteiger partial charge is 0.481 e. The average molecular weight is 306 g/mol. The van der Waals surface area contributed by atoms with E-state index in [2.05, 4.69) is 0 Å². The van der Waals surface area contributed by atoms with Gasteiger partial charge in [0, 0.05) is 12.6 Å². The maximum absolute atomic E-state index is 12.3. The quantitative estimate of drug-likeness (QED) is 0.866. The first-order valence-electron chi connectivity index (χ1n) is 7.50. The van der Waals surface area contributed by atoms with Gasteiger partial charge in [-0.1, -0.05) is 37.3 Å². The highest BCUT2D eigenvalue weighted by Crippen LogP contribution is 2.26. The standard InChI is InChI=1S/C16H22N2O4/c1-2-12(15(19)20)14-13(17)8-9-18(14)16(21)22-10-11-6-4-3-5-7-11/h3-7,12-14H,2,8-10,17H2,1H3,(H,19,20)/t12-,13+,14-/m1/s1. The maximum Gasteiger partial charge on any atom is 0.410 e. The topological polar surface area (TPSA) is 92.9 Å². The number of likely N-dealkylation sites (tertiary alicyclic amines) is 1. The van der Waals surface area contributed by atoms with E-state index >= 15 is 0 Å². The smallest absolute Gasteiger partial charge is 0.410 e. The number of ether oxygens (including phenoxy) is 1. The van der Waals surface area contributed by atoms with Gasteiger partial charge < -0.3 is 20.5 Å². The molecular weight excluding hydrogens is 284 g/mol. The van der Waals surface area contributed by atoms with Crippen LogP contribution in [-0.2, 0) is 16.1 Å². The molecule has 0 aliphatic carbocycles. The summed E-state index contributed by atoms with van der Waals surface area (Å²) in [6.07, 6.45) is 0.520. The number of hydrogen-bond acceptors (Lipinski definition) is 4. The van der Waals surface area contributed by atoms with Crippen LogP contribution < -0.4 is 5.73 Å². The van der Waals surface area contributed by atoms with Gasteiger partial charge in [-0.2, -0.15) is 0 Å². The average Bonchev–Trinajstić information content (AvgIpc) is 2.88. The zero-order valence-electron chi connectivity index (χ0n) is 12.6. The number of rotatable bonds is 5. The molecule has 0 spiro atoms. The normalized spacial score (nSPS) is 22.4. The van der Waals surface area contributed by atoms with E-state index < -0.39 is 24.0 Å². The molecule has 3 N–H and O–H groups in total. The van der Waals surface area contributed by atoms with Crippen molar-refractivity contribution in [3.63, 3.8) is 0 Å². The Hall–Kier alpha value is -2.08. The van der Waals surface area contributed by atoms with Crippen molar-refractivity contribution in [2.45, 2.75) is 38.5 Å². The van der Waals surface area contributed by atoms with Crippen LogP contribution in [0, 0.1) is 5.92 Å². The molecule has 120 valence electrons. The minimum Gasteiger partial charge on any atom is -0.481 e. The number of hydrogen-bond donors (Lipinski definition) is 2. The number of aliphatic carboxylic acids is 1. The Morgan fingerprint density at radius 1 is 1.41 bits per heavy atom. The number of carboxylic acid groups (broad SMARTS) is 1. The Morgan fingerprint density at radius 3 is 2.68 bits per heavy atom. The Bertz CT molecular complexity index is 520. The zero-order chi connectivity index (χ0) is 16.1. The van der Waals surface area contributed by atoms with E-state index in [0.29, 0.717) is 19.4 Å².